The molecule has 0 aliphatic carbocycles. The van der Waals surface area contributed by atoms with Crippen LogP contribution >= 0.6 is 0 Å². The van der Waals surface area contributed by atoms with Gasteiger partial charge in [0.1, 0.15) is 0 Å². The molecule has 3 aromatic carbocycles. The molecule has 0 amide bonds. The number of benzene rings is 3. The maximum atomic E-state index is 11.1. The van der Waals surface area contributed by atoms with Gasteiger partial charge in [0.05, 0.1) is 23.8 Å². The van der Waals surface area contributed by atoms with Crippen molar-refractivity contribution in [1.82, 2.24) is 0 Å². The van der Waals surface area contributed by atoms with Crippen LogP contribution in [0.1, 0.15) is 31.1 Å². The van der Waals surface area contributed by atoms with Crippen LogP contribution in [0.5, 0.6) is 0 Å². The van der Waals surface area contributed by atoms with Crippen LogP contribution in [0.2, 0.25) is 0 Å². The molecule has 0 atom stereocenters. The molecule has 142 valence electrons. The van der Waals surface area contributed by atoms with Crippen molar-refractivity contribution < 1.29 is 29.3 Å². The molecular weight excluding hydrogens is 360 g/mol. The predicted molar refractivity (Wildman–Crippen MR) is 104 cm³/mol. The summed E-state index contributed by atoms with van der Waals surface area (Å²) in [6.45, 7) is 0. The molecule has 0 unspecified atom stereocenters. The highest BCUT2D eigenvalue weighted by Gasteiger charge is 2.15. The molecule has 0 saturated carbocycles. The average molecular weight is 378 g/mol. The largest absolute Gasteiger partial charge is 0.478 e. The molecule has 28 heavy (non-hydrogen) atoms. The van der Waals surface area contributed by atoms with Gasteiger partial charge < -0.3 is 14.9 Å². The predicted octanol–water partition coefficient (Wildman–Crippen LogP) is 4.22. The van der Waals surface area contributed by atoms with E-state index in [0.29, 0.717) is 5.56 Å². The number of methoxy groups -OCH3 is 1. The Morgan fingerprint density at radius 2 is 1.14 bits per heavy atom. The van der Waals surface area contributed by atoms with Crippen molar-refractivity contribution in [3.63, 3.8) is 0 Å². The Morgan fingerprint density at radius 3 is 1.64 bits per heavy atom. The molecule has 6 heteroatoms. The molecule has 0 aliphatic heterocycles. The van der Waals surface area contributed by atoms with E-state index < -0.39 is 17.9 Å². The fourth-order valence-electron chi connectivity index (χ4n) is 2.39. The zero-order valence-electron chi connectivity index (χ0n) is 15.0. The first-order chi connectivity index (χ1) is 13.4. The zero-order valence-corrected chi connectivity index (χ0v) is 15.0. The summed E-state index contributed by atoms with van der Waals surface area (Å²) in [5.41, 5.74) is 2.46. The lowest BCUT2D eigenvalue weighted by molar-refractivity contribution is 0.0582. The van der Waals surface area contributed by atoms with E-state index in [2.05, 4.69) is 4.74 Å². The fourth-order valence-corrected chi connectivity index (χ4v) is 2.39. The smallest absolute Gasteiger partial charge is 0.338 e. The number of rotatable bonds is 4. The van der Waals surface area contributed by atoms with Crippen LogP contribution in [0.25, 0.3) is 11.1 Å². The molecule has 3 aromatic rings. The van der Waals surface area contributed by atoms with E-state index in [-0.39, 0.29) is 11.1 Å². The molecule has 2 N–H and O–H groups in total. The Morgan fingerprint density at radius 1 is 0.643 bits per heavy atom. The van der Waals surface area contributed by atoms with E-state index in [0.717, 1.165) is 11.1 Å². The quantitative estimate of drug-likeness (QED) is 0.659. The van der Waals surface area contributed by atoms with Crippen LogP contribution in [0.15, 0.2) is 78.9 Å². The van der Waals surface area contributed by atoms with Crippen LogP contribution in [-0.2, 0) is 4.74 Å². The monoisotopic (exact) mass is 378 g/mol. The number of carboxylic acids is 2. The summed E-state index contributed by atoms with van der Waals surface area (Å²) in [6.07, 6.45) is 0. The Kier molecular flexibility index (Phi) is 7.05. The van der Waals surface area contributed by atoms with Gasteiger partial charge in [-0.2, -0.15) is 0 Å². The lowest BCUT2D eigenvalue weighted by Crippen LogP contribution is -2.09. The number of ether oxygens (including phenoxy) is 1. The number of hydrogen-bond donors (Lipinski definition) is 2. The summed E-state index contributed by atoms with van der Waals surface area (Å²) in [4.78, 5) is 32.3. The third-order valence-corrected chi connectivity index (χ3v) is 3.80. The number of hydrogen-bond acceptors (Lipinski definition) is 4. The number of carbonyl (C=O) groups is 3. The first-order valence-electron chi connectivity index (χ1n) is 8.23. The van der Waals surface area contributed by atoms with Crippen LogP contribution in [0.4, 0.5) is 0 Å². The Balaban J connectivity index is 0.000000203. The van der Waals surface area contributed by atoms with E-state index in [4.69, 9.17) is 10.2 Å². The molecule has 0 bridgehead atoms. The van der Waals surface area contributed by atoms with Gasteiger partial charge in [0, 0.05) is 0 Å². The Bertz CT molecular complexity index is 962. The first kappa shape index (κ1) is 20.4. The minimum Gasteiger partial charge on any atom is -0.478 e. The third kappa shape index (κ3) is 5.28. The first-order valence-corrected chi connectivity index (χ1v) is 8.23. The summed E-state index contributed by atoms with van der Waals surface area (Å²) < 4.78 is 4.42. The minimum absolute atomic E-state index is 0.0469. The van der Waals surface area contributed by atoms with Gasteiger partial charge in [0.2, 0.25) is 0 Å². The van der Waals surface area contributed by atoms with Crippen molar-refractivity contribution >= 4 is 17.9 Å². The van der Waals surface area contributed by atoms with E-state index in [1.807, 2.05) is 42.5 Å². The molecule has 0 aromatic heterocycles. The topological polar surface area (TPSA) is 101 Å². The van der Waals surface area contributed by atoms with Gasteiger partial charge in [0.25, 0.3) is 0 Å². The third-order valence-electron chi connectivity index (χ3n) is 3.80. The van der Waals surface area contributed by atoms with Gasteiger partial charge >= 0.3 is 17.9 Å². The second-order valence-electron chi connectivity index (χ2n) is 5.59. The average Bonchev–Trinajstić information content (AvgIpc) is 2.74. The fraction of sp³-hybridized carbons (Fsp3) is 0.0455. The maximum absolute atomic E-state index is 11.1. The molecule has 0 heterocycles. The molecule has 0 saturated heterocycles. The number of carboxylic acid groups (broad SMARTS) is 2. The zero-order chi connectivity index (χ0) is 20.5. The molecule has 6 nitrogen and oxygen atoms in total. The maximum Gasteiger partial charge on any atom is 0.338 e. The SMILES string of the molecule is COC(=O)c1ccccc1C(=O)O.O=C(O)c1ccc(-c2ccccc2)cc1. The van der Waals surface area contributed by atoms with E-state index >= 15 is 0 Å². The molecule has 0 fully saturated rings. The lowest BCUT2D eigenvalue weighted by atomic mass is 10.0. The van der Waals surface area contributed by atoms with Crippen molar-refractivity contribution in [2.24, 2.45) is 0 Å². The van der Waals surface area contributed by atoms with E-state index in [9.17, 15) is 14.4 Å². The van der Waals surface area contributed by atoms with Crippen molar-refractivity contribution in [3.05, 3.63) is 95.6 Å². The van der Waals surface area contributed by atoms with Crippen LogP contribution in [0.3, 0.4) is 0 Å². The highest BCUT2D eigenvalue weighted by Crippen LogP contribution is 2.19. The van der Waals surface area contributed by atoms with Crippen LogP contribution in [-0.4, -0.2) is 35.2 Å². The second-order valence-corrected chi connectivity index (χ2v) is 5.59. The Labute approximate surface area is 161 Å². The molecule has 0 spiro atoms. The van der Waals surface area contributed by atoms with Crippen LogP contribution < -0.4 is 0 Å². The van der Waals surface area contributed by atoms with Gasteiger partial charge in [-0.1, -0.05) is 54.6 Å². The van der Waals surface area contributed by atoms with Crippen molar-refractivity contribution in [3.8, 4) is 11.1 Å². The van der Waals surface area contributed by atoms with E-state index in [1.54, 1.807) is 24.3 Å². The van der Waals surface area contributed by atoms with Gasteiger partial charge in [-0.05, 0) is 35.4 Å². The Hall–Kier alpha value is -3.93. The van der Waals surface area contributed by atoms with Crippen LogP contribution in [0, 0.1) is 0 Å². The standard InChI is InChI=1S/C13H10O2.C9H8O4/c14-13(15)12-8-6-11(7-9-12)10-4-2-1-3-5-10;1-13-9(12)7-5-3-2-4-6(7)8(10)11/h1-9H,(H,14,15);2-5H,1H3,(H,10,11). The summed E-state index contributed by atoms with van der Waals surface area (Å²) in [6, 6.07) is 22.6. The molecule has 0 radical (unpaired) electrons. The van der Waals surface area contributed by atoms with Crippen molar-refractivity contribution in [1.29, 1.82) is 0 Å². The summed E-state index contributed by atoms with van der Waals surface area (Å²) >= 11 is 0. The van der Waals surface area contributed by atoms with Gasteiger partial charge in [-0.25, -0.2) is 14.4 Å². The number of aromatic carboxylic acids is 2. The normalized spacial score (nSPS) is 9.61. The van der Waals surface area contributed by atoms with Gasteiger partial charge in [0.15, 0.2) is 0 Å². The van der Waals surface area contributed by atoms with Gasteiger partial charge in [-0.3, -0.25) is 0 Å². The number of carbonyl (C=O) groups excluding carboxylic acids is 1. The second kappa shape index (κ2) is 9.68. The lowest BCUT2D eigenvalue weighted by Gasteiger charge is -2.02. The molecule has 3 rings (SSSR count). The van der Waals surface area contributed by atoms with Crippen molar-refractivity contribution in [2.45, 2.75) is 0 Å². The van der Waals surface area contributed by atoms with E-state index in [1.165, 1.54) is 19.2 Å². The highest BCUT2D eigenvalue weighted by atomic mass is 16.5. The molecular formula is C22H18O6. The molecule has 0 aliphatic rings. The highest BCUT2D eigenvalue weighted by molar-refractivity contribution is 6.02. The summed E-state index contributed by atoms with van der Waals surface area (Å²) in [5, 5.41) is 17.4. The van der Waals surface area contributed by atoms with Gasteiger partial charge in [-0.15, -0.1) is 0 Å². The minimum atomic E-state index is -1.14. The van der Waals surface area contributed by atoms with Crippen molar-refractivity contribution in [2.75, 3.05) is 7.11 Å². The summed E-state index contributed by atoms with van der Waals surface area (Å²) in [5.74, 6) is -2.67. The summed E-state index contributed by atoms with van der Waals surface area (Å²) in [7, 11) is 1.21. The number of esters is 1.